The highest BCUT2D eigenvalue weighted by molar-refractivity contribution is 6.34. The Bertz CT molecular complexity index is 207. The summed E-state index contributed by atoms with van der Waals surface area (Å²) in [4.78, 5) is 0. The van der Waals surface area contributed by atoms with Crippen LogP contribution in [0.25, 0.3) is 0 Å². The zero-order valence-electron chi connectivity index (χ0n) is 11.4. The highest BCUT2D eigenvalue weighted by atomic mass is 35.5. The number of hydrogen-bond acceptors (Lipinski definition) is 3. The van der Waals surface area contributed by atoms with Crippen LogP contribution >= 0.6 is 23.6 Å². The highest BCUT2D eigenvalue weighted by Gasteiger charge is 2.25. The van der Waals surface area contributed by atoms with Gasteiger partial charge < -0.3 is 9.47 Å². The molecule has 0 heterocycles. The van der Waals surface area contributed by atoms with E-state index in [2.05, 4.69) is 0 Å². The summed E-state index contributed by atoms with van der Waals surface area (Å²) in [7, 11) is 1.62. The largest absolute Gasteiger partial charge is 0.382 e. The van der Waals surface area contributed by atoms with E-state index in [4.69, 9.17) is 33.0 Å². The first-order chi connectivity index (χ1) is 8.44. The molecule has 1 unspecified atom stereocenters. The maximum atomic E-state index is 12.8. The molecule has 0 spiro atoms. The average molecular weight is 304 g/mol. The molecule has 0 aliphatic heterocycles. The summed E-state index contributed by atoms with van der Waals surface area (Å²) >= 11 is 11.4. The second kappa shape index (κ2) is 10.2. The molecular weight excluding hydrogens is 280 g/mol. The molecule has 0 amide bonds. The Morgan fingerprint density at radius 3 is 2.33 bits per heavy atom. The Kier molecular flexibility index (Phi) is 10.4. The van der Waals surface area contributed by atoms with E-state index in [-0.39, 0.29) is 18.1 Å². The number of alkyl halides is 1. The van der Waals surface area contributed by atoms with Crippen molar-refractivity contribution in [3.8, 4) is 0 Å². The third-order valence-corrected chi connectivity index (χ3v) is 3.86. The molecular formula is C12H24Cl2FNO2. The minimum Gasteiger partial charge on any atom is -0.382 e. The molecule has 0 aromatic carbocycles. The van der Waals surface area contributed by atoms with Crippen LogP contribution in [-0.2, 0) is 9.47 Å². The Hall–Kier alpha value is 0.390. The molecule has 0 aromatic heterocycles. The Labute approximate surface area is 120 Å². The van der Waals surface area contributed by atoms with Gasteiger partial charge in [-0.3, -0.25) is 4.39 Å². The van der Waals surface area contributed by atoms with Gasteiger partial charge in [0.1, 0.15) is 0 Å². The van der Waals surface area contributed by atoms with Gasteiger partial charge in [0, 0.05) is 19.3 Å². The van der Waals surface area contributed by atoms with Crippen molar-refractivity contribution in [3.05, 3.63) is 0 Å². The number of rotatable bonds is 11. The van der Waals surface area contributed by atoms with Crippen molar-refractivity contribution in [3.63, 3.8) is 0 Å². The van der Waals surface area contributed by atoms with Crippen molar-refractivity contribution in [2.24, 2.45) is 5.92 Å². The summed E-state index contributed by atoms with van der Waals surface area (Å²) in [6.45, 7) is 5.20. The van der Waals surface area contributed by atoms with Crippen LogP contribution in [0.1, 0.15) is 33.1 Å². The lowest BCUT2D eigenvalue weighted by Crippen LogP contribution is -2.31. The summed E-state index contributed by atoms with van der Waals surface area (Å²) in [5.74, 6) is 0.0000956. The van der Waals surface area contributed by atoms with E-state index < -0.39 is 0 Å². The summed E-state index contributed by atoms with van der Waals surface area (Å²) in [6.07, 6.45) is 2.20. The maximum absolute atomic E-state index is 12.8. The van der Waals surface area contributed by atoms with E-state index in [1.165, 1.54) is 0 Å². The molecule has 0 N–H and O–H groups in total. The fourth-order valence-electron chi connectivity index (χ4n) is 1.43. The second-order valence-corrected chi connectivity index (χ2v) is 5.85. The van der Waals surface area contributed by atoms with Crippen LogP contribution < -0.4 is 0 Å². The topological polar surface area (TPSA) is 21.7 Å². The average Bonchev–Trinajstić information content (AvgIpc) is 2.32. The standard InChI is InChI=1S/C12H24Cl2FNO2/c1-12(2,16(13)14)6-4-11(10-15)5-7-18-9-8-17-3/h11H,4-10H2,1-3H3. The predicted molar refractivity (Wildman–Crippen MR) is 73.6 cm³/mol. The summed E-state index contributed by atoms with van der Waals surface area (Å²) in [5.41, 5.74) is -0.340. The monoisotopic (exact) mass is 303 g/mol. The lowest BCUT2D eigenvalue weighted by atomic mass is 9.92. The molecule has 0 saturated heterocycles. The Morgan fingerprint density at radius 1 is 1.17 bits per heavy atom. The summed E-state index contributed by atoms with van der Waals surface area (Å²) in [5, 5.41) is 0. The van der Waals surface area contributed by atoms with Gasteiger partial charge in [0.2, 0.25) is 0 Å². The van der Waals surface area contributed by atoms with Gasteiger partial charge in [0.05, 0.1) is 19.9 Å². The lowest BCUT2D eigenvalue weighted by molar-refractivity contribution is 0.0605. The molecule has 0 saturated carbocycles. The predicted octanol–water partition coefficient (Wildman–Crippen LogP) is 3.79. The SMILES string of the molecule is COCCOCCC(CF)CCC(C)(C)N(Cl)Cl. The van der Waals surface area contributed by atoms with Gasteiger partial charge >= 0.3 is 0 Å². The van der Waals surface area contributed by atoms with Crippen molar-refractivity contribution in [2.75, 3.05) is 33.6 Å². The molecule has 0 aromatic rings. The van der Waals surface area contributed by atoms with Gasteiger partial charge in [-0.1, -0.05) is 0 Å². The van der Waals surface area contributed by atoms with Gasteiger partial charge in [-0.25, -0.2) is 0 Å². The van der Waals surface area contributed by atoms with Crippen LogP contribution in [0, 0.1) is 5.92 Å². The van der Waals surface area contributed by atoms with Gasteiger partial charge in [0.15, 0.2) is 0 Å². The quantitative estimate of drug-likeness (QED) is 0.428. The molecule has 1 atom stereocenters. The number of hydrogen-bond donors (Lipinski definition) is 0. The van der Waals surface area contributed by atoms with Crippen molar-refractivity contribution >= 4 is 23.6 Å². The molecule has 0 bridgehead atoms. The lowest BCUT2D eigenvalue weighted by Gasteiger charge is -2.28. The molecule has 0 aliphatic carbocycles. The number of nitrogens with zero attached hydrogens (tertiary/aromatic N) is 1. The van der Waals surface area contributed by atoms with Crippen LogP contribution in [0.3, 0.4) is 0 Å². The Morgan fingerprint density at radius 2 is 1.83 bits per heavy atom. The number of methoxy groups -OCH3 is 1. The van der Waals surface area contributed by atoms with Gasteiger partial charge in [-0.2, -0.15) is 0 Å². The van der Waals surface area contributed by atoms with Crippen LogP contribution in [0.5, 0.6) is 0 Å². The van der Waals surface area contributed by atoms with E-state index >= 15 is 0 Å². The van der Waals surface area contributed by atoms with Gasteiger partial charge in [-0.15, -0.1) is 3.94 Å². The fraction of sp³-hybridized carbons (Fsp3) is 1.00. The molecule has 18 heavy (non-hydrogen) atoms. The minimum atomic E-state index is -0.340. The minimum absolute atomic E-state index is 0.0000956. The van der Waals surface area contributed by atoms with Crippen LogP contribution in [0.15, 0.2) is 0 Å². The molecule has 3 nitrogen and oxygen atoms in total. The molecule has 6 heteroatoms. The van der Waals surface area contributed by atoms with Crippen molar-refractivity contribution in [1.82, 2.24) is 3.94 Å². The first kappa shape index (κ1) is 18.4. The van der Waals surface area contributed by atoms with E-state index in [1.807, 2.05) is 13.8 Å². The normalized spacial score (nSPS) is 14.2. The van der Waals surface area contributed by atoms with Crippen LogP contribution in [0.4, 0.5) is 4.39 Å². The van der Waals surface area contributed by atoms with Crippen molar-refractivity contribution in [2.45, 2.75) is 38.6 Å². The zero-order valence-corrected chi connectivity index (χ0v) is 12.9. The van der Waals surface area contributed by atoms with Crippen LogP contribution in [-0.4, -0.2) is 43.1 Å². The van der Waals surface area contributed by atoms with Crippen LogP contribution in [0.2, 0.25) is 0 Å². The van der Waals surface area contributed by atoms with Crippen molar-refractivity contribution < 1.29 is 13.9 Å². The third kappa shape index (κ3) is 8.48. The van der Waals surface area contributed by atoms with E-state index in [0.29, 0.717) is 26.2 Å². The molecule has 0 rings (SSSR count). The van der Waals surface area contributed by atoms with E-state index in [0.717, 1.165) is 16.8 Å². The van der Waals surface area contributed by atoms with E-state index in [9.17, 15) is 4.39 Å². The highest BCUT2D eigenvalue weighted by Crippen LogP contribution is 2.27. The third-order valence-electron chi connectivity index (χ3n) is 2.94. The van der Waals surface area contributed by atoms with Gasteiger partial charge in [-0.05, 0) is 62.6 Å². The molecule has 110 valence electrons. The first-order valence-electron chi connectivity index (χ1n) is 6.18. The second-order valence-electron chi connectivity index (χ2n) is 5.00. The summed E-state index contributed by atoms with van der Waals surface area (Å²) in [6, 6.07) is 0. The molecule has 0 radical (unpaired) electrons. The Balaban J connectivity index is 3.76. The first-order valence-corrected chi connectivity index (χ1v) is 6.86. The van der Waals surface area contributed by atoms with Crippen molar-refractivity contribution in [1.29, 1.82) is 0 Å². The van der Waals surface area contributed by atoms with E-state index in [1.54, 1.807) is 7.11 Å². The number of ether oxygens (including phenoxy) is 2. The zero-order chi connectivity index (χ0) is 14.0. The molecule has 0 aliphatic rings. The fourth-order valence-corrected chi connectivity index (χ4v) is 1.60. The summed E-state index contributed by atoms with van der Waals surface area (Å²) < 4.78 is 24.2. The molecule has 0 fully saturated rings. The van der Waals surface area contributed by atoms with Gasteiger partial charge in [0.25, 0.3) is 0 Å². The smallest absolute Gasteiger partial charge is 0.0923 e. The number of halogens is 3. The maximum Gasteiger partial charge on any atom is 0.0923 e.